The van der Waals surface area contributed by atoms with Crippen LogP contribution in [-0.4, -0.2) is 42.0 Å². The number of aromatic amines is 1. The molecule has 7 heteroatoms. The smallest absolute Gasteiger partial charge is 0.268 e. The molecule has 4 rings (SSSR count). The maximum Gasteiger partial charge on any atom is 0.268 e. The summed E-state index contributed by atoms with van der Waals surface area (Å²) in [7, 11) is 0. The highest BCUT2D eigenvalue weighted by Crippen LogP contribution is 2.35. The summed E-state index contributed by atoms with van der Waals surface area (Å²) >= 11 is 5.99. The topological polar surface area (TPSA) is 89.4 Å². The van der Waals surface area contributed by atoms with Gasteiger partial charge in [-0.05, 0) is 30.7 Å². The average molecular weight is 350 g/mol. The average Bonchev–Trinajstić information content (AvgIpc) is 3.17. The Morgan fingerprint density at radius 1 is 1.33 bits per heavy atom. The molecule has 0 unspecified atom stereocenters. The number of nitrogens with two attached hydrogens (primary N) is 1. The standard InChI is InChI=1S/C17H20ClN3O3/c18-11-1-2-13-10(7-11)8-15(20-13)16(22)21-14-3-4-17(9-12(14)19)23-5-6-24-17/h1-2,7-8,12,14,20H,3-6,9,19H2,(H,21,22)/t12-,14+/m0/s1. The lowest BCUT2D eigenvalue weighted by Gasteiger charge is -2.39. The van der Waals surface area contributed by atoms with Crippen LogP contribution in [0.2, 0.25) is 5.02 Å². The van der Waals surface area contributed by atoms with E-state index in [1.54, 1.807) is 12.1 Å². The van der Waals surface area contributed by atoms with Gasteiger partial charge in [0.25, 0.3) is 5.91 Å². The van der Waals surface area contributed by atoms with Gasteiger partial charge in [-0.3, -0.25) is 4.79 Å². The van der Waals surface area contributed by atoms with Crippen molar-refractivity contribution in [1.82, 2.24) is 10.3 Å². The van der Waals surface area contributed by atoms with Gasteiger partial charge >= 0.3 is 0 Å². The number of fused-ring (bicyclic) bond motifs is 1. The van der Waals surface area contributed by atoms with Crippen LogP contribution in [0.15, 0.2) is 24.3 Å². The van der Waals surface area contributed by atoms with E-state index in [-0.39, 0.29) is 18.0 Å². The lowest BCUT2D eigenvalue weighted by Crippen LogP contribution is -2.56. The fourth-order valence-corrected chi connectivity index (χ4v) is 3.78. The number of aromatic nitrogens is 1. The van der Waals surface area contributed by atoms with Crippen molar-refractivity contribution in [2.24, 2.45) is 5.73 Å². The molecule has 1 spiro atoms. The van der Waals surface area contributed by atoms with Crippen LogP contribution in [0.4, 0.5) is 0 Å². The molecule has 1 aromatic carbocycles. The molecule has 1 aliphatic heterocycles. The number of carbonyl (C=O) groups is 1. The minimum Gasteiger partial charge on any atom is -0.351 e. The molecule has 2 aliphatic rings. The van der Waals surface area contributed by atoms with Gasteiger partial charge in [0.15, 0.2) is 5.79 Å². The van der Waals surface area contributed by atoms with E-state index in [2.05, 4.69) is 10.3 Å². The third-order valence-electron chi connectivity index (χ3n) is 4.86. The molecule has 128 valence electrons. The molecular weight excluding hydrogens is 330 g/mol. The van der Waals surface area contributed by atoms with Crippen LogP contribution in [0.3, 0.4) is 0 Å². The van der Waals surface area contributed by atoms with Crippen LogP contribution in [0.25, 0.3) is 10.9 Å². The summed E-state index contributed by atoms with van der Waals surface area (Å²) < 4.78 is 11.4. The molecule has 2 atom stereocenters. The van der Waals surface area contributed by atoms with Gasteiger partial charge in [0.2, 0.25) is 0 Å². The van der Waals surface area contributed by atoms with E-state index in [0.29, 0.717) is 30.4 Å². The van der Waals surface area contributed by atoms with E-state index < -0.39 is 5.79 Å². The second kappa shape index (κ2) is 6.04. The third-order valence-corrected chi connectivity index (χ3v) is 5.09. The monoisotopic (exact) mass is 349 g/mol. The molecule has 0 bridgehead atoms. The first kappa shape index (κ1) is 15.9. The van der Waals surface area contributed by atoms with Crippen LogP contribution in [0.1, 0.15) is 29.8 Å². The summed E-state index contributed by atoms with van der Waals surface area (Å²) in [4.78, 5) is 15.6. The second-order valence-corrected chi connectivity index (χ2v) is 6.95. The van der Waals surface area contributed by atoms with Crippen molar-refractivity contribution >= 4 is 28.4 Å². The van der Waals surface area contributed by atoms with E-state index in [1.165, 1.54) is 0 Å². The first-order valence-electron chi connectivity index (χ1n) is 8.17. The highest BCUT2D eigenvalue weighted by Gasteiger charge is 2.44. The van der Waals surface area contributed by atoms with Crippen LogP contribution < -0.4 is 11.1 Å². The van der Waals surface area contributed by atoms with E-state index in [4.69, 9.17) is 26.8 Å². The van der Waals surface area contributed by atoms with Gasteiger partial charge < -0.3 is 25.5 Å². The molecule has 1 aliphatic carbocycles. The Balaban J connectivity index is 1.45. The zero-order valence-corrected chi connectivity index (χ0v) is 13.9. The van der Waals surface area contributed by atoms with Crippen LogP contribution in [0, 0.1) is 0 Å². The summed E-state index contributed by atoms with van der Waals surface area (Å²) in [5.74, 6) is -0.703. The zero-order valence-electron chi connectivity index (χ0n) is 13.2. The maximum absolute atomic E-state index is 12.5. The molecule has 0 radical (unpaired) electrons. The number of carbonyl (C=O) groups excluding carboxylic acids is 1. The number of nitrogens with one attached hydrogen (secondary N) is 2. The summed E-state index contributed by atoms with van der Waals surface area (Å²) in [6.45, 7) is 1.22. The molecule has 1 amide bonds. The predicted molar refractivity (Wildman–Crippen MR) is 91.0 cm³/mol. The van der Waals surface area contributed by atoms with Crippen molar-refractivity contribution in [2.45, 2.75) is 37.1 Å². The largest absolute Gasteiger partial charge is 0.351 e. The molecule has 24 heavy (non-hydrogen) atoms. The normalized spacial score (nSPS) is 26.1. The van der Waals surface area contributed by atoms with Crippen LogP contribution >= 0.6 is 11.6 Å². The first-order chi connectivity index (χ1) is 11.5. The van der Waals surface area contributed by atoms with Crippen molar-refractivity contribution in [3.05, 3.63) is 35.0 Å². The van der Waals surface area contributed by atoms with E-state index in [0.717, 1.165) is 23.7 Å². The van der Waals surface area contributed by atoms with E-state index >= 15 is 0 Å². The summed E-state index contributed by atoms with van der Waals surface area (Å²) in [6, 6.07) is 7.00. The van der Waals surface area contributed by atoms with Crippen molar-refractivity contribution in [2.75, 3.05) is 13.2 Å². The second-order valence-electron chi connectivity index (χ2n) is 6.51. The van der Waals surface area contributed by atoms with Crippen LogP contribution in [-0.2, 0) is 9.47 Å². The number of H-pyrrole nitrogens is 1. The zero-order chi connectivity index (χ0) is 16.7. The lowest BCUT2D eigenvalue weighted by molar-refractivity contribution is -0.182. The van der Waals surface area contributed by atoms with Gasteiger partial charge in [0, 0.05) is 40.9 Å². The number of hydrogen-bond acceptors (Lipinski definition) is 4. The molecule has 2 fully saturated rings. The van der Waals surface area contributed by atoms with Crippen LogP contribution in [0.5, 0.6) is 0 Å². The molecule has 1 saturated carbocycles. The Morgan fingerprint density at radius 3 is 2.88 bits per heavy atom. The molecular formula is C17H20ClN3O3. The quantitative estimate of drug-likeness (QED) is 0.775. The van der Waals surface area contributed by atoms with E-state index in [9.17, 15) is 4.79 Å². The molecule has 2 heterocycles. The minimum absolute atomic E-state index is 0.0917. The SMILES string of the molecule is N[C@H]1CC2(CC[C@H]1NC(=O)c1cc3cc(Cl)ccc3[nH]1)OCCO2. The van der Waals surface area contributed by atoms with Crippen molar-refractivity contribution < 1.29 is 14.3 Å². The van der Waals surface area contributed by atoms with Crippen molar-refractivity contribution in [1.29, 1.82) is 0 Å². The Labute approximate surface area is 144 Å². The number of halogens is 1. The fourth-order valence-electron chi connectivity index (χ4n) is 3.60. The molecule has 4 N–H and O–H groups in total. The number of amides is 1. The minimum atomic E-state index is -0.543. The molecule has 2 aromatic rings. The highest BCUT2D eigenvalue weighted by molar-refractivity contribution is 6.31. The molecule has 1 aromatic heterocycles. The summed E-state index contributed by atoms with van der Waals surface area (Å²) in [6.07, 6.45) is 2.08. The van der Waals surface area contributed by atoms with Gasteiger partial charge in [-0.25, -0.2) is 0 Å². The summed E-state index contributed by atoms with van der Waals surface area (Å²) in [5.41, 5.74) is 7.64. The van der Waals surface area contributed by atoms with Gasteiger partial charge in [0.05, 0.1) is 13.2 Å². The lowest BCUT2D eigenvalue weighted by atomic mass is 9.86. The van der Waals surface area contributed by atoms with Gasteiger partial charge in [-0.1, -0.05) is 11.6 Å². The van der Waals surface area contributed by atoms with Gasteiger partial charge in [-0.2, -0.15) is 0 Å². The summed E-state index contributed by atoms with van der Waals surface area (Å²) in [5, 5.41) is 4.58. The Bertz CT molecular complexity index is 770. The van der Waals surface area contributed by atoms with E-state index in [1.807, 2.05) is 12.1 Å². The van der Waals surface area contributed by atoms with Gasteiger partial charge in [-0.15, -0.1) is 0 Å². The predicted octanol–water partition coefficient (Wildman–Crippen LogP) is 2.17. The number of ether oxygens (including phenoxy) is 2. The Morgan fingerprint density at radius 2 is 2.12 bits per heavy atom. The maximum atomic E-state index is 12.5. The van der Waals surface area contributed by atoms with Crippen molar-refractivity contribution in [3.63, 3.8) is 0 Å². The molecule has 6 nitrogen and oxygen atoms in total. The number of rotatable bonds is 2. The number of benzene rings is 1. The number of hydrogen-bond donors (Lipinski definition) is 3. The van der Waals surface area contributed by atoms with Crippen molar-refractivity contribution in [3.8, 4) is 0 Å². The third kappa shape index (κ3) is 2.91. The Hall–Kier alpha value is -1.60. The first-order valence-corrected chi connectivity index (χ1v) is 8.55. The molecule has 1 saturated heterocycles. The van der Waals surface area contributed by atoms with Gasteiger partial charge in [0.1, 0.15) is 5.69 Å². The highest BCUT2D eigenvalue weighted by atomic mass is 35.5. The fraction of sp³-hybridized carbons (Fsp3) is 0.471. The Kier molecular flexibility index (Phi) is 4.00.